The monoisotopic (exact) mass is 409 g/mol. The molecule has 150 valence electrons. The Labute approximate surface area is 174 Å². The molecule has 0 fully saturated rings. The summed E-state index contributed by atoms with van der Waals surface area (Å²) < 4.78 is 9.55. The summed E-state index contributed by atoms with van der Waals surface area (Å²) in [6, 6.07) is 15.0. The lowest BCUT2D eigenvalue weighted by atomic mass is 10.0. The van der Waals surface area contributed by atoms with Crippen molar-refractivity contribution < 1.29 is 9.84 Å². The minimum absolute atomic E-state index is 0.143. The molecule has 0 saturated carbocycles. The average Bonchev–Trinajstić information content (AvgIpc) is 3.00. The SMILES string of the molecule is N=c1n(CC(O)COc2ccc(Cl)cc2)c2ccccc2n1CC1C=CC=CC1. The molecule has 0 saturated heterocycles. The molecule has 0 amide bonds. The largest absolute Gasteiger partial charge is 0.491 e. The number of ether oxygens (including phenoxy) is 1. The van der Waals surface area contributed by atoms with E-state index in [1.807, 2.05) is 33.4 Å². The quantitative estimate of drug-likeness (QED) is 0.615. The molecule has 2 N–H and O–H groups in total. The van der Waals surface area contributed by atoms with Gasteiger partial charge in [-0.15, -0.1) is 0 Å². The van der Waals surface area contributed by atoms with Crippen molar-refractivity contribution in [2.24, 2.45) is 5.92 Å². The summed E-state index contributed by atoms with van der Waals surface area (Å²) in [5.41, 5.74) is 2.34. The number of rotatable bonds is 7. The Morgan fingerprint density at radius 2 is 1.79 bits per heavy atom. The summed E-state index contributed by atoms with van der Waals surface area (Å²) in [6.45, 7) is 1.18. The summed E-state index contributed by atoms with van der Waals surface area (Å²) in [6.07, 6.45) is 8.70. The highest BCUT2D eigenvalue weighted by Gasteiger charge is 2.16. The zero-order valence-electron chi connectivity index (χ0n) is 16.0. The fourth-order valence-corrected chi connectivity index (χ4v) is 3.78. The molecule has 0 spiro atoms. The molecule has 1 aliphatic carbocycles. The lowest BCUT2D eigenvalue weighted by Crippen LogP contribution is -2.32. The van der Waals surface area contributed by atoms with Gasteiger partial charge in [0.25, 0.3) is 0 Å². The minimum atomic E-state index is -0.739. The number of benzene rings is 2. The first-order valence-corrected chi connectivity index (χ1v) is 10.1. The van der Waals surface area contributed by atoms with Crippen molar-refractivity contribution in [2.45, 2.75) is 25.6 Å². The van der Waals surface area contributed by atoms with Gasteiger partial charge in [0.05, 0.1) is 17.6 Å². The molecule has 0 aliphatic heterocycles. The van der Waals surface area contributed by atoms with Crippen LogP contribution < -0.4 is 10.4 Å². The zero-order chi connectivity index (χ0) is 20.2. The third kappa shape index (κ3) is 4.47. The lowest BCUT2D eigenvalue weighted by molar-refractivity contribution is 0.0920. The minimum Gasteiger partial charge on any atom is -0.491 e. The summed E-state index contributed by atoms with van der Waals surface area (Å²) >= 11 is 5.89. The normalized spacial score (nSPS) is 17.0. The molecule has 0 radical (unpaired) electrons. The van der Waals surface area contributed by atoms with Crippen LogP contribution in [0.4, 0.5) is 0 Å². The number of allylic oxidation sites excluding steroid dienone is 4. The van der Waals surface area contributed by atoms with Crippen LogP contribution in [0.15, 0.2) is 72.8 Å². The van der Waals surface area contributed by atoms with E-state index in [0.717, 1.165) is 24.0 Å². The lowest BCUT2D eigenvalue weighted by Gasteiger charge is -2.15. The van der Waals surface area contributed by atoms with Crippen LogP contribution in [0.5, 0.6) is 5.75 Å². The number of hydrogen-bond acceptors (Lipinski definition) is 3. The number of imidazole rings is 1. The third-order valence-electron chi connectivity index (χ3n) is 5.11. The van der Waals surface area contributed by atoms with Gasteiger partial charge in [-0.2, -0.15) is 0 Å². The van der Waals surface area contributed by atoms with Gasteiger partial charge in [-0.25, -0.2) is 0 Å². The summed E-state index contributed by atoms with van der Waals surface area (Å²) in [7, 11) is 0. The molecule has 2 aromatic carbocycles. The molecule has 2 unspecified atom stereocenters. The van der Waals surface area contributed by atoms with Crippen molar-refractivity contribution in [3.8, 4) is 5.75 Å². The highest BCUT2D eigenvalue weighted by molar-refractivity contribution is 6.30. The van der Waals surface area contributed by atoms with E-state index in [0.29, 0.717) is 28.9 Å². The molecule has 5 nitrogen and oxygen atoms in total. The van der Waals surface area contributed by atoms with Gasteiger partial charge in [0.15, 0.2) is 0 Å². The number of para-hydroxylation sites is 2. The maximum absolute atomic E-state index is 10.5. The van der Waals surface area contributed by atoms with E-state index >= 15 is 0 Å². The Bertz CT molecular complexity index is 1100. The van der Waals surface area contributed by atoms with Crippen LogP contribution in [0.2, 0.25) is 5.02 Å². The first-order valence-electron chi connectivity index (χ1n) is 9.74. The van der Waals surface area contributed by atoms with Gasteiger partial charge in [0.2, 0.25) is 5.62 Å². The van der Waals surface area contributed by atoms with E-state index < -0.39 is 6.10 Å². The van der Waals surface area contributed by atoms with E-state index in [2.05, 4.69) is 24.3 Å². The summed E-state index contributed by atoms with van der Waals surface area (Å²) in [4.78, 5) is 0. The number of halogens is 1. The number of fused-ring (bicyclic) bond motifs is 1. The molecular weight excluding hydrogens is 386 g/mol. The van der Waals surface area contributed by atoms with Gasteiger partial charge in [0, 0.05) is 11.6 Å². The van der Waals surface area contributed by atoms with E-state index in [1.165, 1.54) is 0 Å². The van der Waals surface area contributed by atoms with Crippen LogP contribution in [0.3, 0.4) is 0 Å². The number of aliphatic hydroxyl groups excluding tert-OH is 1. The molecule has 1 heterocycles. The van der Waals surface area contributed by atoms with Gasteiger partial charge in [-0.05, 0) is 48.7 Å². The van der Waals surface area contributed by atoms with Crippen molar-refractivity contribution in [3.63, 3.8) is 0 Å². The second-order valence-electron chi connectivity index (χ2n) is 7.26. The fraction of sp³-hybridized carbons (Fsp3) is 0.261. The Hall–Kier alpha value is -2.76. The van der Waals surface area contributed by atoms with E-state index in [-0.39, 0.29) is 6.61 Å². The highest BCUT2D eigenvalue weighted by atomic mass is 35.5. The van der Waals surface area contributed by atoms with Gasteiger partial charge in [-0.3, -0.25) is 5.41 Å². The number of aromatic nitrogens is 2. The van der Waals surface area contributed by atoms with Gasteiger partial charge in [-0.1, -0.05) is 48.0 Å². The number of hydrogen-bond donors (Lipinski definition) is 2. The fourth-order valence-electron chi connectivity index (χ4n) is 3.65. The summed E-state index contributed by atoms with van der Waals surface area (Å²) in [5, 5.41) is 19.9. The van der Waals surface area contributed by atoms with E-state index in [4.69, 9.17) is 21.7 Å². The van der Waals surface area contributed by atoms with Gasteiger partial charge in [0.1, 0.15) is 18.5 Å². The number of aliphatic hydroxyl groups is 1. The zero-order valence-corrected chi connectivity index (χ0v) is 16.8. The van der Waals surface area contributed by atoms with E-state index in [1.54, 1.807) is 24.3 Å². The Balaban J connectivity index is 1.52. The van der Waals surface area contributed by atoms with Gasteiger partial charge >= 0.3 is 0 Å². The Morgan fingerprint density at radius 1 is 1.07 bits per heavy atom. The molecular formula is C23H24ClN3O2. The van der Waals surface area contributed by atoms with Crippen LogP contribution in [0, 0.1) is 11.3 Å². The smallest absolute Gasteiger partial charge is 0.203 e. The summed E-state index contributed by atoms with van der Waals surface area (Å²) in [5.74, 6) is 1.02. The van der Waals surface area contributed by atoms with Crippen molar-refractivity contribution in [3.05, 3.63) is 83.5 Å². The second kappa shape index (κ2) is 8.72. The number of nitrogens with one attached hydrogen (secondary N) is 1. The van der Waals surface area contributed by atoms with Crippen LogP contribution >= 0.6 is 11.6 Å². The first kappa shape index (κ1) is 19.6. The maximum atomic E-state index is 10.5. The van der Waals surface area contributed by atoms with Crippen molar-refractivity contribution >= 4 is 22.6 Å². The Kier molecular flexibility index (Phi) is 5.88. The molecule has 2 atom stereocenters. The average molecular weight is 410 g/mol. The third-order valence-corrected chi connectivity index (χ3v) is 5.36. The molecule has 6 heteroatoms. The van der Waals surface area contributed by atoms with Crippen molar-refractivity contribution in [1.82, 2.24) is 9.13 Å². The molecule has 29 heavy (non-hydrogen) atoms. The second-order valence-corrected chi connectivity index (χ2v) is 7.70. The van der Waals surface area contributed by atoms with Crippen LogP contribution in [0.25, 0.3) is 11.0 Å². The van der Waals surface area contributed by atoms with E-state index in [9.17, 15) is 5.11 Å². The van der Waals surface area contributed by atoms with Crippen molar-refractivity contribution in [1.29, 1.82) is 5.41 Å². The standard InChI is InChI=1S/C23H24ClN3O2/c24-18-10-12-20(13-11-18)29-16-19(28)15-27-22-9-5-4-8-21(22)26(23(27)25)14-17-6-2-1-3-7-17/h1-6,8-13,17,19,25,28H,7,14-16H2. The van der Waals surface area contributed by atoms with Crippen LogP contribution in [-0.4, -0.2) is 27.0 Å². The first-order chi connectivity index (χ1) is 14.1. The van der Waals surface area contributed by atoms with Crippen LogP contribution in [0.1, 0.15) is 6.42 Å². The highest BCUT2D eigenvalue weighted by Crippen LogP contribution is 2.19. The van der Waals surface area contributed by atoms with Crippen molar-refractivity contribution in [2.75, 3.05) is 6.61 Å². The number of nitrogens with zero attached hydrogens (tertiary/aromatic N) is 2. The van der Waals surface area contributed by atoms with Crippen LogP contribution in [-0.2, 0) is 13.1 Å². The molecule has 3 aromatic rings. The predicted octanol–water partition coefficient (Wildman–Crippen LogP) is 4.15. The molecule has 1 aliphatic rings. The topological polar surface area (TPSA) is 63.2 Å². The van der Waals surface area contributed by atoms with Gasteiger partial charge < -0.3 is 19.0 Å². The molecule has 1 aromatic heterocycles. The molecule has 0 bridgehead atoms. The molecule has 4 rings (SSSR count). The Morgan fingerprint density at radius 3 is 2.48 bits per heavy atom. The maximum Gasteiger partial charge on any atom is 0.203 e. The predicted molar refractivity (Wildman–Crippen MR) is 115 cm³/mol.